The van der Waals surface area contributed by atoms with E-state index >= 15 is 0 Å². The molecule has 0 unspecified atom stereocenters. The van der Waals surface area contributed by atoms with Crippen molar-refractivity contribution < 1.29 is 13.2 Å². The van der Waals surface area contributed by atoms with Gasteiger partial charge < -0.3 is 9.80 Å². The fourth-order valence-electron chi connectivity index (χ4n) is 2.75. The number of benzene rings is 1. The van der Waals surface area contributed by atoms with Crippen LogP contribution >= 0.6 is 11.6 Å². The van der Waals surface area contributed by atoms with Gasteiger partial charge in [0.25, 0.3) is 0 Å². The SMILES string of the molecule is Cc1c(Cl)cccc1N1CCCN(C(=O)CN(C)S(C)(=O)=O)CC1. The maximum Gasteiger partial charge on any atom is 0.237 e. The molecule has 0 spiro atoms. The van der Waals surface area contributed by atoms with Gasteiger partial charge in [-0.3, -0.25) is 4.79 Å². The van der Waals surface area contributed by atoms with E-state index in [-0.39, 0.29) is 12.5 Å². The van der Waals surface area contributed by atoms with Gasteiger partial charge in [-0.15, -0.1) is 0 Å². The van der Waals surface area contributed by atoms with Crippen molar-refractivity contribution >= 4 is 33.2 Å². The summed E-state index contributed by atoms with van der Waals surface area (Å²) in [6.45, 7) is 4.62. The van der Waals surface area contributed by atoms with Crippen LogP contribution in [0.1, 0.15) is 12.0 Å². The Labute approximate surface area is 149 Å². The molecule has 1 aromatic carbocycles. The predicted molar refractivity (Wildman–Crippen MR) is 97.1 cm³/mol. The Morgan fingerprint density at radius 2 is 1.96 bits per heavy atom. The topological polar surface area (TPSA) is 60.9 Å². The Hall–Kier alpha value is -1.31. The summed E-state index contributed by atoms with van der Waals surface area (Å²) in [4.78, 5) is 16.3. The number of amides is 1. The molecule has 134 valence electrons. The number of carbonyl (C=O) groups is 1. The largest absolute Gasteiger partial charge is 0.369 e. The second-order valence-corrected chi connectivity index (χ2v) is 8.62. The van der Waals surface area contributed by atoms with E-state index in [4.69, 9.17) is 11.6 Å². The monoisotopic (exact) mass is 373 g/mol. The highest BCUT2D eigenvalue weighted by atomic mass is 35.5. The van der Waals surface area contributed by atoms with E-state index < -0.39 is 10.0 Å². The number of likely N-dealkylation sites (N-methyl/N-ethyl adjacent to an activating group) is 1. The van der Waals surface area contributed by atoms with E-state index in [1.54, 1.807) is 4.90 Å². The highest BCUT2D eigenvalue weighted by Gasteiger charge is 2.23. The molecule has 1 aliphatic rings. The van der Waals surface area contributed by atoms with Gasteiger partial charge in [-0.1, -0.05) is 17.7 Å². The lowest BCUT2D eigenvalue weighted by Gasteiger charge is -2.26. The zero-order valence-electron chi connectivity index (χ0n) is 14.3. The summed E-state index contributed by atoms with van der Waals surface area (Å²) < 4.78 is 24.0. The molecular formula is C16H24ClN3O3S. The van der Waals surface area contributed by atoms with Crippen LogP contribution in [0.5, 0.6) is 0 Å². The average molecular weight is 374 g/mol. The smallest absolute Gasteiger partial charge is 0.237 e. The summed E-state index contributed by atoms with van der Waals surface area (Å²) in [5.74, 6) is -0.160. The van der Waals surface area contributed by atoms with Crippen molar-refractivity contribution in [3.05, 3.63) is 28.8 Å². The van der Waals surface area contributed by atoms with Crippen LogP contribution in [0.25, 0.3) is 0 Å². The fraction of sp³-hybridized carbons (Fsp3) is 0.562. The molecule has 8 heteroatoms. The zero-order valence-corrected chi connectivity index (χ0v) is 15.9. The normalized spacial score (nSPS) is 16.4. The molecule has 0 bridgehead atoms. The Kier molecular flexibility index (Phi) is 6.11. The molecule has 0 aliphatic carbocycles. The van der Waals surface area contributed by atoms with E-state index in [1.165, 1.54) is 7.05 Å². The number of hydrogen-bond acceptors (Lipinski definition) is 4. The van der Waals surface area contributed by atoms with E-state index in [1.807, 2.05) is 25.1 Å². The van der Waals surface area contributed by atoms with Crippen LogP contribution in [0.2, 0.25) is 5.02 Å². The Bertz CT molecular complexity index is 709. The Morgan fingerprint density at radius 3 is 2.62 bits per heavy atom. The maximum atomic E-state index is 12.4. The highest BCUT2D eigenvalue weighted by molar-refractivity contribution is 7.88. The summed E-state index contributed by atoms with van der Waals surface area (Å²) in [6.07, 6.45) is 1.94. The summed E-state index contributed by atoms with van der Waals surface area (Å²) in [6, 6.07) is 5.84. The van der Waals surface area contributed by atoms with Crippen molar-refractivity contribution in [3.8, 4) is 0 Å². The molecule has 1 heterocycles. The minimum absolute atomic E-state index is 0.116. The zero-order chi connectivity index (χ0) is 17.9. The molecule has 1 aromatic rings. The first-order valence-corrected chi connectivity index (χ1v) is 10.1. The van der Waals surface area contributed by atoms with Crippen molar-refractivity contribution in [2.75, 3.05) is 50.9 Å². The minimum atomic E-state index is -3.35. The van der Waals surface area contributed by atoms with E-state index in [0.29, 0.717) is 19.6 Å². The predicted octanol–water partition coefficient (Wildman–Crippen LogP) is 1.58. The first kappa shape index (κ1) is 19.0. The molecule has 0 saturated carbocycles. The average Bonchev–Trinajstić information content (AvgIpc) is 2.75. The van der Waals surface area contributed by atoms with E-state index in [0.717, 1.165) is 39.8 Å². The van der Waals surface area contributed by atoms with Crippen LogP contribution in [0.3, 0.4) is 0 Å². The molecule has 1 aliphatic heterocycles. The van der Waals surface area contributed by atoms with Gasteiger partial charge >= 0.3 is 0 Å². The molecular weight excluding hydrogens is 350 g/mol. The molecule has 1 amide bonds. The lowest BCUT2D eigenvalue weighted by atomic mass is 10.1. The molecule has 24 heavy (non-hydrogen) atoms. The molecule has 1 fully saturated rings. The van der Waals surface area contributed by atoms with Crippen LogP contribution in [0.4, 0.5) is 5.69 Å². The van der Waals surface area contributed by atoms with Gasteiger partial charge in [0.15, 0.2) is 0 Å². The van der Waals surface area contributed by atoms with Gasteiger partial charge in [0.2, 0.25) is 15.9 Å². The van der Waals surface area contributed by atoms with Crippen LogP contribution in [-0.4, -0.2) is 69.6 Å². The molecule has 1 saturated heterocycles. The highest BCUT2D eigenvalue weighted by Crippen LogP contribution is 2.27. The first-order chi connectivity index (χ1) is 11.2. The van der Waals surface area contributed by atoms with Gasteiger partial charge in [0.1, 0.15) is 0 Å². The first-order valence-electron chi connectivity index (χ1n) is 7.89. The summed E-state index contributed by atoms with van der Waals surface area (Å²) in [5, 5.41) is 0.736. The van der Waals surface area contributed by atoms with Crippen LogP contribution in [-0.2, 0) is 14.8 Å². The summed E-state index contributed by atoms with van der Waals surface area (Å²) in [7, 11) is -1.93. The van der Waals surface area contributed by atoms with Crippen molar-refractivity contribution in [2.24, 2.45) is 0 Å². The lowest BCUT2D eigenvalue weighted by Crippen LogP contribution is -2.42. The molecule has 0 atom stereocenters. The van der Waals surface area contributed by atoms with Gasteiger partial charge in [-0.25, -0.2) is 8.42 Å². The lowest BCUT2D eigenvalue weighted by molar-refractivity contribution is -0.131. The number of anilines is 1. The van der Waals surface area contributed by atoms with Crippen molar-refractivity contribution in [1.82, 2.24) is 9.21 Å². The number of carbonyl (C=O) groups excluding carboxylic acids is 1. The third-order valence-electron chi connectivity index (χ3n) is 4.35. The molecule has 2 rings (SSSR count). The van der Waals surface area contributed by atoms with Gasteiger partial charge in [0, 0.05) is 43.9 Å². The van der Waals surface area contributed by atoms with Gasteiger partial charge in [0.05, 0.1) is 12.8 Å². The number of rotatable bonds is 4. The van der Waals surface area contributed by atoms with Crippen LogP contribution in [0.15, 0.2) is 18.2 Å². The van der Waals surface area contributed by atoms with E-state index in [9.17, 15) is 13.2 Å². The molecule has 0 N–H and O–H groups in total. The molecule has 0 aromatic heterocycles. The second-order valence-electron chi connectivity index (χ2n) is 6.12. The number of hydrogen-bond donors (Lipinski definition) is 0. The molecule has 6 nitrogen and oxygen atoms in total. The number of nitrogens with zero attached hydrogens (tertiary/aromatic N) is 3. The minimum Gasteiger partial charge on any atom is -0.369 e. The van der Waals surface area contributed by atoms with Crippen molar-refractivity contribution in [1.29, 1.82) is 0 Å². The van der Waals surface area contributed by atoms with Gasteiger partial charge in [-0.05, 0) is 31.0 Å². The van der Waals surface area contributed by atoms with Crippen LogP contribution < -0.4 is 4.90 Å². The second kappa shape index (κ2) is 7.72. The third-order valence-corrected chi connectivity index (χ3v) is 6.02. The van der Waals surface area contributed by atoms with Crippen molar-refractivity contribution in [2.45, 2.75) is 13.3 Å². The van der Waals surface area contributed by atoms with Crippen LogP contribution in [0, 0.1) is 6.92 Å². The molecule has 0 radical (unpaired) electrons. The summed E-state index contributed by atoms with van der Waals surface area (Å²) >= 11 is 6.20. The number of sulfonamides is 1. The Balaban J connectivity index is 2.02. The van der Waals surface area contributed by atoms with Gasteiger partial charge in [-0.2, -0.15) is 4.31 Å². The third kappa shape index (κ3) is 4.62. The quantitative estimate of drug-likeness (QED) is 0.804. The van der Waals surface area contributed by atoms with E-state index in [2.05, 4.69) is 4.90 Å². The number of halogens is 1. The fourth-order valence-corrected chi connectivity index (χ4v) is 3.27. The maximum absolute atomic E-state index is 12.4. The standard InChI is InChI=1S/C16H24ClN3O3S/c1-13-14(17)6-4-7-15(13)19-8-5-9-20(11-10-19)16(21)12-18(2)24(3,22)23/h4,6-7H,5,8-12H2,1-3H3. The Morgan fingerprint density at radius 1 is 1.25 bits per heavy atom. The summed E-state index contributed by atoms with van der Waals surface area (Å²) in [5.41, 5.74) is 2.13. The van der Waals surface area contributed by atoms with Crippen molar-refractivity contribution in [3.63, 3.8) is 0 Å².